The molecule has 2 atom stereocenters. The van der Waals surface area contributed by atoms with Crippen LogP contribution < -0.4 is 5.73 Å². The lowest BCUT2D eigenvalue weighted by molar-refractivity contribution is -0.139. The molecule has 14 heavy (non-hydrogen) atoms. The summed E-state index contributed by atoms with van der Waals surface area (Å²) in [4.78, 5) is 16.6. The summed E-state index contributed by atoms with van der Waals surface area (Å²) in [6, 6.07) is -0.857. The molecule has 1 heterocycles. The Labute approximate surface area is 87.6 Å². The molecule has 1 aliphatic heterocycles. The van der Waals surface area contributed by atoms with Gasteiger partial charge in [-0.25, -0.2) is 0 Å². The fourth-order valence-corrected chi connectivity index (χ4v) is 1.48. The van der Waals surface area contributed by atoms with E-state index in [9.17, 15) is 4.79 Å². The second-order valence-corrected chi connectivity index (χ2v) is 3.45. The van der Waals surface area contributed by atoms with E-state index in [0.717, 1.165) is 0 Å². The average Bonchev–Trinajstić information content (AvgIpc) is 2.53. The quantitative estimate of drug-likeness (QED) is 0.604. The van der Waals surface area contributed by atoms with Crippen molar-refractivity contribution in [2.45, 2.75) is 18.6 Å². The molecule has 0 saturated carbocycles. The van der Waals surface area contributed by atoms with E-state index in [0.29, 0.717) is 19.5 Å². The van der Waals surface area contributed by atoms with E-state index in [1.54, 1.807) is 11.6 Å². The van der Waals surface area contributed by atoms with E-state index in [1.165, 1.54) is 0 Å². The minimum atomic E-state index is -0.988. The van der Waals surface area contributed by atoms with Crippen molar-refractivity contribution in [2.75, 3.05) is 13.1 Å². The van der Waals surface area contributed by atoms with Crippen LogP contribution in [0.1, 0.15) is 6.42 Å². The Morgan fingerprint density at radius 2 is 2.64 bits per heavy atom. The molecular weight excluding hydrogens is 202 g/mol. The number of rotatable bonds is 5. The fraction of sp³-hybridized carbons (Fsp3) is 0.625. The van der Waals surface area contributed by atoms with Gasteiger partial charge in [0.15, 0.2) is 0 Å². The molecule has 0 aliphatic carbocycles. The van der Waals surface area contributed by atoms with Gasteiger partial charge in [0.1, 0.15) is 12.2 Å². The molecule has 0 aromatic carbocycles. The number of carbonyl (C=O) groups is 1. The van der Waals surface area contributed by atoms with E-state index in [-0.39, 0.29) is 6.17 Å². The monoisotopic (exact) mass is 215 g/mol. The summed E-state index contributed by atoms with van der Waals surface area (Å²) in [6.07, 6.45) is 2.38. The van der Waals surface area contributed by atoms with E-state index < -0.39 is 12.0 Å². The van der Waals surface area contributed by atoms with Gasteiger partial charge in [-0.3, -0.25) is 14.7 Å². The summed E-state index contributed by atoms with van der Waals surface area (Å²) < 4.78 is 0. The van der Waals surface area contributed by atoms with Crippen molar-refractivity contribution in [3.8, 4) is 0 Å². The molecule has 0 spiro atoms. The normalized spacial score (nSPS) is 23.6. The van der Waals surface area contributed by atoms with Crippen LogP contribution in [0.4, 0.5) is 0 Å². The summed E-state index contributed by atoms with van der Waals surface area (Å²) in [5, 5.41) is 10.2. The highest BCUT2D eigenvalue weighted by Gasteiger charge is 2.24. The maximum absolute atomic E-state index is 10.5. The highest BCUT2D eigenvalue weighted by Crippen LogP contribution is 2.09. The molecule has 5 nitrogen and oxygen atoms in total. The molecule has 1 aliphatic rings. The largest absolute Gasteiger partial charge is 0.480 e. The Hall–Kier alpha value is -0.850. The van der Waals surface area contributed by atoms with Crippen molar-refractivity contribution in [1.82, 2.24) is 4.90 Å². The maximum atomic E-state index is 10.5. The molecule has 0 bridgehead atoms. The lowest BCUT2D eigenvalue weighted by Crippen LogP contribution is -2.45. The lowest BCUT2D eigenvalue weighted by atomic mass is 10.2. The van der Waals surface area contributed by atoms with Crippen LogP contribution >= 0.6 is 12.2 Å². The van der Waals surface area contributed by atoms with Crippen LogP contribution in [0, 0.1) is 0 Å². The molecule has 0 saturated heterocycles. The van der Waals surface area contributed by atoms with E-state index in [1.807, 2.05) is 4.90 Å². The molecule has 0 aromatic rings. The van der Waals surface area contributed by atoms with Crippen LogP contribution in [0.2, 0.25) is 0 Å². The zero-order valence-corrected chi connectivity index (χ0v) is 8.48. The first-order valence-corrected chi connectivity index (χ1v) is 4.80. The second kappa shape index (κ2) is 5.14. The number of nitrogens with two attached hydrogens (primary N) is 1. The molecule has 0 amide bonds. The van der Waals surface area contributed by atoms with Crippen molar-refractivity contribution >= 4 is 29.8 Å². The van der Waals surface area contributed by atoms with Crippen LogP contribution in [0.25, 0.3) is 0 Å². The first-order chi connectivity index (χ1) is 6.65. The standard InChI is InChI=1S/C8H13N3O2S/c9-6(8(12)13)5-11-3-2-10-7(11)1-4-14/h2,4,6-7H,1,3,5,9H2,(H,12,13). The molecule has 78 valence electrons. The minimum Gasteiger partial charge on any atom is -0.480 e. The number of hydrogen-bond donors (Lipinski definition) is 2. The van der Waals surface area contributed by atoms with Gasteiger partial charge in [0, 0.05) is 25.7 Å². The average molecular weight is 215 g/mol. The number of carboxylic acid groups (broad SMARTS) is 1. The first-order valence-electron chi connectivity index (χ1n) is 4.33. The van der Waals surface area contributed by atoms with E-state index >= 15 is 0 Å². The molecule has 0 fully saturated rings. The second-order valence-electron chi connectivity index (χ2n) is 3.11. The Morgan fingerprint density at radius 1 is 1.93 bits per heavy atom. The highest BCUT2D eigenvalue weighted by molar-refractivity contribution is 7.78. The van der Waals surface area contributed by atoms with E-state index in [4.69, 9.17) is 23.1 Å². The molecule has 0 aromatic heterocycles. The fourth-order valence-electron chi connectivity index (χ4n) is 1.31. The maximum Gasteiger partial charge on any atom is 0.321 e. The number of aliphatic carboxylic acids is 1. The summed E-state index contributed by atoms with van der Waals surface area (Å²) in [5.74, 6) is -0.988. The van der Waals surface area contributed by atoms with Crippen molar-refractivity contribution in [3.05, 3.63) is 0 Å². The SMILES string of the molecule is NC(CN1CC=NC1CC=S)C(=O)O. The van der Waals surface area contributed by atoms with Crippen LogP contribution in [-0.4, -0.2) is 52.9 Å². The van der Waals surface area contributed by atoms with Crippen molar-refractivity contribution in [1.29, 1.82) is 0 Å². The Balaban J connectivity index is 2.44. The Bertz CT molecular complexity index is 257. The van der Waals surface area contributed by atoms with Gasteiger partial charge in [-0.2, -0.15) is 0 Å². The topological polar surface area (TPSA) is 78.9 Å². The van der Waals surface area contributed by atoms with Crippen LogP contribution in [-0.2, 0) is 4.79 Å². The summed E-state index contributed by atoms with van der Waals surface area (Å²) in [7, 11) is 0. The van der Waals surface area contributed by atoms with Crippen molar-refractivity contribution < 1.29 is 9.90 Å². The molecule has 2 unspecified atom stereocenters. The first kappa shape index (κ1) is 11.2. The molecule has 6 heteroatoms. The van der Waals surface area contributed by atoms with Crippen LogP contribution in [0.3, 0.4) is 0 Å². The van der Waals surface area contributed by atoms with Crippen LogP contribution in [0.15, 0.2) is 4.99 Å². The van der Waals surface area contributed by atoms with Gasteiger partial charge in [-0.05, 0) is 5.37 Å². The summed E-state index contributed by atoms with van der Waals surface area (Å²) >= 11 is 4.73. The number of aliphatic imine (C=N–C) groups is 1. The number of nitrogens with zero attached hydrogens (tertiary/aromatic N) is 2. The van der Waals surface area contributed by atoms with Gasteiger partial charge in [0.25, 0.3) is 0 Å². The third-order valence-corrected chi connectivity index (χ3v) is 2.26. The third-order valence-electron chi connectivity index (χ3n) is 2.07. The predicted molar refractivity (Wildman–Crippen MR) is 57.7 cm³/mol. The smallest absolute Gasteiger partial charge is 0.321 e. The molecule has 1 rings (SSSR count). The molecule has 3 N–H and O–H groups in total. The number of thiocarbonyl (C=S) groups is 1. The predicted octanol–water partition coefficient (Wildman–Crippen LogP) is -0.499. The third kappa shape index (κ3) is 2.83. The highest BCUT2D eigenvalue weighted by atomic mass is 32.1. The molecular formula is C8H13N3O2S. The zero-order valence-electron chi connectivity index (χ0n) is 7.67. The number of carboxylic acids is 1. The van der Waals surface area contributed by atoms with Crippen molar-refractivity contribution in [3.63, 3.8) is 0 Å². The summed E-state index contributed by atoms with van der Waals surface area (Å²) in [6.45, 7) is 0.956. The number of hydrogen-bond acceptors (Lipinski definition) is 5. The van der Waals surface area contributed by atoms with E-state index in [2.05, 4.69) is 4.99 Å². The lowest BCUT2D eigenvalue weighted by Gasteiger charge is -2.23. The Morgan fingerprint density at radius 3 is 3.21 bits per heavy atom. The van der Waals surface area contributed by atoms with Crippen molar-refractivity contribution in [2.24, 2.45) is 10.7 Å². The summed E-state index contributed by atoms with van der Waals surface area (Å²) in [5.41, 5.74) is 5.42. The minimum absolute atomic E-state index is 0.0297. The molecule has 0 radical (unpaired) electrons. The van der Waals surface area contributed by atoms with Crippen LogP contribution in [0.5, 0.6) is 0 Å². The Kier molecular flexibility index (Phi) is 4.12. The van der Waals surface area contributed by atoms with Gasteiger partial charge in [-0.1, -0.05) is 12.2 Å². The van der Waals surface area contributed by atoms with Gasteiger partial charge in [0.05, 0.1) is 0 Å². The van der Waals surface area contributed by atoms with Gasteiger partial charge in [-0.15, -0.1) is 0 Å². The van der Waals surface area contributed by atoms with Gasteiger partial charge >= 0.3 is 5.97 Å². The van der Waals surface area contributed by atoms with Gasteiger partial charge in [0.2, 0.25) is 0 Å². The zero-order chi connectivity index (χ0) is 10.6. The van der Waals surface area contributed by atoms with Gasteiger partial charge < -0.3 is 10.8 Å².